The smallest absolute Gasteiger partial charge is 0.0779 e. The highest BCUT2D eigenvalue weighted by Gasteiger charge is 2.29. The molecule has 0 aromatic carbocycles. The maximum atomic E-state index is 5.79. The highest BCUT2D eigenvalue weighted by atomic mass is 16.5. The van der Waals surface area contributed by atoms with Crippen molar-refractivity contribution in [2.75, 3.05) is 13.2 Å². The van der Waals surface area contributed by atoms with Crippen molar-refractivity contribution >= 4 is 0 Å². The highest BCUT2D eigenvalue weighted by Crippen LogP contribution is 2.24. The van der Waals surface area contributed by atoms with Gasteiger partial charge in [0.2, 0.25) is 0 Å². The molecule has 1 aromatic heterocycles. The molecule has 1 N–H and O–H groups in total. The first-order valence-corrected chi connectivity index (χ1v) is 7.06. The third kappa shape index (κ3) is 2.78. The standard InChI is InChI=1S/C15H26N2O/c1-5-17-12(2)9-14(13(17)3)10-16-11-15(4)7-6-8-18-15/h9,16H,5-8,10-11H2,1-4H3. The molecule has 1 aromatic rings. The minimum absolute atomic E-state index is 0.0519. The Balaban J connectivity index is 1.90. The molecule has 2 heterocycles. The lowest BCUT2D eigenvalue weighted by Crippen LogP contribution is -2.36. The molecule has 1 atom stereocenters. The number of hydrogen-bond acceptors (Lipinski definition) is 2. The summed E-state index contributed by atoms with van der Waals surface area (Å²) in [5.41, 5.74) is 4.21. The van der Waals surface area contributed by atoms with Crippen LogP contribution in [-0.2, 0) is 17.8 Å². The average Bonchev–Trinajstić information content (AvgIpc) is 2.85. The van der Waals surface area contributed by atoms with E-state index in [0.717, 1.165) is 26.2 Å². The summed E-state index contributed by atoms with van der Waals surface area (Å²) >= 11 is 0. The molecular weight excluding hydrogens is 224 g/mol. The Labute approximate surface area is 111 Å². The molecule has 0 spiro atoms. The topological polar surface area (TPSA) is 26.2 Å². The second-order valence-corrected chi connectivity index (χ2v) is 5.65. The zero-order valence-corrected chi connectivity index (χ0v) is 12.2. The quantitative estimate of drug-likeness (QED) is 0.869. The van der Waals surface area contributed by atoms with Crippen LogP contribution in [-0.4, -0.2) is 23.3 Å². The van der Waals surface area contributed by atoms with Gasteiger partial charge in [0, 0.05) is 37.6 Å². The van der Waals surface area contributed by atoms with Crippen LogP contribution in [0.5, 0.6) is 0 Å². The molecular formula is C15H26N2O. The largest absolute Gasteiger partial charge is 0.374 e. The Hall–Kier alpha value is -0.800. The fourth-order valence-electron chi connectivity index (χ4n) is 2.98. The van der Waals surface area contributed by atoms with Gasteiger partial charge in [-0.1, -0.05) is 0 Å². The second-order valence-electron chi connectivity index (χ2n) is 5.65. The van der Waals surface area contributed by atoms with Crippen LogP contribution in [0, 0.1) is 13.8 Å². The Kier molecular flexibility index (Phi) is 4.13. The molecule has 0 bridgehead atoms. The van der Waals surface area contributed by atoms with Crippen LogP contribution in [0.1, 0.15) is 43.6 Å². The van der Waals surface area contributed by atoms with E-state index in [0.29, 0.717) is 0 Å². The summed E-state index contributed by atoms with van der Waals surface area (Å²) in [6.07, 6.45) is 2.37. The van der Waals surface area contributed by atoms with E-state index in [-0.39, 0.29) is 5.60 Å². The van der Waals surface area contributed by atoms with Gasteiger partial charge < -0.3 is 14.6 Å². The van der Waals surface area contributed by atoms with Crippen molar-refractivity contribution in [2.45, 2.75) is 59.2 Å². The van der Waals surface area contributed by atoms with Crippen LogP contribution in [0.4, 0.5) is 0 Å². The number of aromatic nitrogens is 1. The Bertz CT molecular complexity index is 403. The second kappa shape index (κ2) is 5.45. The SMILES string of the molecule is CCn1c(C)cc(CNCC2(C)CCCO2)c1C. The summed E-state index contributed by atoms with van der Waals surface area (Å²) in [6, 6.07) is 2.30. The molecule has 0 aliphatic carbocycles. The molecule has 0 radical (unpaired) electrons. The van der Waals surface area contributed by atoms with E-state index >= 15 is 0 Å². The molecule has 3 nitrogen and oxygen atoms in total. The summed E-state index contributed by atoms with van der Waals surface area (Å²) in [5, 5.41) is 3.55. The van der Waals surface area contributed by atoms with Crippen molar-refractivity contribution in [3.63, 3.8) is 0 Å². The molecule has 2 rings (SSSR count). The fraction of sp³-hybridized carbons (Fsp3) is 0.733. The van der Waals surface area contributed by atoms with Gasteiger partial charge in [0.05, 0.1) is 5.60 Å². The predicted octanol–water partition coefficient (Wildman–Crippen LogP) is 2.78. The summed E-state index contributed by atoms with van der Waals surface area (Å²) < 4.78 is 8.16. The van der Waals surface area contributed by atoms with E-state index in [2.05, 4.69) is 43.6 Å². The molecule has 102 valence electrons. The molecule has 3 heteroatoms. The van der Waals surface area contributed by atoms with Crippen LogP contribution in [0.3, 0.4) is 0 Å². The summed E-state index contributed by atoms with van der Waals surface area (Å²) in [4.78, 5) is 0. The first kappa shape index (κ1) is 13.6. The highest BCUT2D eigenvalue weighted by molar-refractivity contribution is 5.26. The van der Waals surface area contributed by atoms with Crippen molar-refractivity contribution in [3.05, 3.63) is 23.0 Å². The van der Waals surface area contributed by atoms with Gasteiger partial charge in [-0.15, -0.1) is 0 Å². The van der Waals surface area contributed by atoms with Gasteiger partial charge in [-0.25, -0.2) is 0 Å². The van der Waals surface area contributed by atoms with E-state index in [1.54, 1.807) is 0 Å². The Morgan fingerprint density at radius 2 is 2.22 bits per heavy atom. The van der Waals surface area contributed by atoms with Gasteiger partial charge in [0.25, 0.3) is 0 Å². The van der Waals surface area contributed by atoms with E-state index in [9.17, 15) is 0 Å². The van der Waals surface area contributed by atoms with Gasteiger partial charge in [-0.2, -0.15) is 0 Å². The minimum Gasteiger partial charge on any atom is -0.374 e. The predicted molar refractivity (Wildman–Crippen MR) is 74.9 cm³/mol. The summed E-state index contributed by atoms with van der Waals surface area (Å²) in [5.74, 6) is 0. The molecule has 1 fully saturated rings. The number of ether oxygens (including phenoxy) is 1. The molecule has 18 heavy (non-hydrogen) atoms. The monoisotopic (exact) mass is 250 g/mol. The number of hydrogen-bond donors (Lipinski definition) is 1. The third-order valence-electron chi connectivity index (χ3n) is 4.11. The van der Waals surface area contributed by atoms with Crippen molar-refractivity contribution in [2.24, 2.45) is 0 Å². The molecule has 0 amide bonds. The molecule has 1 aliphatic heterocycles. The zero-order chi connectivity index (χ0) is 13.2. The lowest BCUT2D eigenvalue weighted by atomic mass is 10.0. The van der Waals surface area contributed by atoms with Crippen molar-refractivity contribution in [1.82, 2.24) is 9.88 Å². The van der Waals surface area contributed by atoms with Crippen LogP contribution in [0.25, 0.3) is 0 Å². The van der Waals surface area contributed by atoms with E-state index in [1.807, 2.05) is 0 Å². The summed E-state index contributed by atoms with van der Waals surface area (Å²) in [7, 11) is 0. The van der Waals surface area contributed by atoms with Crippen LogP contribution in [0.2, 0.25) is 0 Å². The van der Waals surface area contributed by atoms with E-state index in [1.165, 1.54) is 29.8 Å². The van der Waals surface area contributed by atoms with Crippen molar-refractivity contribution in [3.8, 4) is 0 Å². The van der Waals surface area contributed by atoms with Gasteiger partial charge in [-0.3, -0.25) is 0 Å². The maximum Gasteiger partial charge on any atom is 0.0779 e. The van der Waals surface area contributed by atoms with E-state index < -0.39 is 0 Å². The van der Waals surface area contributed by atoms with Gasteiger partial charge in [0.15, 0.2) is 0 Å². The van der Waals surface area contributed by atoms with Gasteiger partial charge in [-0.05, 0) is 52.2 Å². The Morgan fingerprint density at radius 3 is 2.78 bits per heavy atom. The van der Waals surface area contributed by atoms with Gasteiger partial charge in [0.1, 0.15) is 0 Å². The van der Waals surface area contributed by atoms with Crippen LogP contribution >= 0.6 is 0 Å². The van der Waals surface area contributed by atoms with Crippen LogP contribution in [0.15, 0.2) is 6.07 Å². The number of nitrogens with zero attached hydrogens (tertiary/aromatic N) is 1. The molecule has 1 unspecified atom stereocenters. The zero-order valence-electron chi connectivity index (χ0n) is 12.2. The maximum absolute atomic E-state index is 5.79. The first-order chi connectivity index (χ1) is 8.56. The lowest BCUT2D eigenvalue weighted by molar-refractivity contribution is 0.0206. The fourth-order valence-corrected chi connectivity index (χ4v) is 2.98. The van der Waals surface area contributed by atoms with Crippen LogP contribution < -0.4 is 5.32 Å². The van der Waals surface area contributed by atoms with Crippen molar-refractivity contribution < 1.29 is 4.74 Å². The summed E-state index contributed by atoms with van der Waals surface area (Å²) in [6.45, 7) is 12.7. The number of aryl methyl sites for hydroxylation is 1. The minimum atomic E-state index is 0.0519. The average molecular weight is 250 g/mol. The molecule has 1 saturated heterocycles. The first-order valence-electron chi connectivity index (χ1n) is 7.06. The van der Waals surface area contributed by atoms with Gasteiger partial charge >= 0.3 is 0 Å². The van der Waals surface area contributed by atoms with Crippen molar-refractivity contribution in [1.29, 1.82) is 0 Å². The Morgan fingerprint density at radius 1 is 1.44 bits per heavy atom. The third-order valence-corrected chi connectivity index (χ3v) is 4.11. The number of rotatable bonds is 5. The lowest BCUT2D eigenvalue weighted by Gasteiger charge is -2.23. The number of nitrogens with one attached hydrogen (secondary N) is 1. The van der Waals surface area contributed by atoms with E-state index in [4.69, 9.17) is 4.74 Å². The normalized spacial score (nSPS) is 23.8. The molecule has 0 saturated carbocycles. The molecule has 1 aliphatic rings.